The first-order valence-corrected chi connectivity index (χ1v) is 4.54. The Morgan fingerprint density at radius 2 is 2.14 bits per heavy atom. The molecule has 1 aliphatic rings. The van der Waals surface area contributed by atoms with Crippen LogP contribution in [0.25, 0.3) is 0 Å². The number of nitrogens with zero attached hydrogens (tertiary/aromatic N) is 4. The Morgan fingerprint density at radius 1 is 1.57 bits per heavy atom. The fourth-order valence-corrected chi connectivity index (χ4v) is 1.25. The maximum Gasteiger partial charge on any atom is 0.310 e. The third-order valence-corrected chi connectivity index (χ3v) is 2.59. The van der Waals surface area contributed by atoms with Gasteiger partial charge in [0.25, 0.3) is 0 Å². The van der Waals surface area contributed by atoms with Crippen LogP contribution in [0, 0.1) is 6.92 Å². The van der Waals surface area contributed by atoms with Crippen LogP contribution < -0.4 is 0 Å². The third-order valence-electron chi connectivity index (χ3n) is 1.92. The Kier molecular flexibility index (Phi) is 3.56. The number of ether oxygens (including phenoxy) is 1. The van der Waals surface area contributed by atoms with Crippen LogP contribution in [-0.4, -0.2) is 24.0 Å². The maximum absolute atomic E-state index is 11.1. The number of methoxy groups -OCH3 is 1. The van der Waals surface area contributed by atoms with E-state index in [0.717, 1.165) is 0 Å². The average Bonchev–Trinajstić information content (AvgIpc) is 2.66. The summed E-state index contributed by atoms with van der Waals surface area (Å²) >= 11 is 4.25. The van der Waals surface area contributed by atoms with E-state index in [2.05, 4.69) is 45.0 Å². The van der Waals surface area contributed by atoms with Crippen LogP contribution >= 0.6 is 12.6 Å². The van der Waals surface area contributed by atoms with Crippen molar-refractivity contribution in [1.82, 2.24) is 0 Å². The first-order valence-electron chi connectivity index (χ1n) is 4.03. The minimum absolute atomic E-state index is 0.0137. The zero-order valence-corrected chi connectivity index (χ0v) is 8.65. The van der Waals surface area contributed by atoms with Crippen molar-refractivity contribution in [2.75, 3.05) is 7.11 Å². The molecule has 0 aromatic heterocycles. The Balaban J connectivity index is 2.78. The summed E-state index contributed by atoms with van der Waals surface area (Å²) in [5.41, 5.74) is -1.03. The summed E-state index contributed by atoms with van der Waals surface area (Å²) in [6.45, 7) is 3.68. The van der Waals surface area contributed by atoms with Crippen LogP contribution in [0.1, 0.15) is 12.8 Å². The molecule has 0 aromatic carbocycles. The highest BCUT2D eigenvalue weighted by atomic mass is 32.1. The van der Waals surface area contributed by atoms with Crippen LogP contribution in [0.4, 0.5) is 0 Å². The first kappa shape index (κ1) is 11.1. The zero-order valence-electron chi connectivity index (χ0n) is 7.75. The van der Waals surface area contributed by atoms with Gasteiger partial charge in [0.1, 0.15) is 0 Å². The molecule has 1 rings (SSSR count). The molecule has 1 unspecified atom stereocenters. The molecule has 0 aliphatic carbocycles. The van der Waals surface area contributed by atoms with E-state index in [1.807, 2.05) is 0 Å². The highest BCUT2D eigenvalue weighted by Crippen LogP contribution is 2.33. The molecule has 77 valence electrons. The van der Waals surface area contributed by atoms with Gasteiger partial charge in [0, 0.05) is 0 Å². The molecule has 1 atom stereocenters. The Bertz CT molecular complexity index is 267. The number of esters is 1. The predicted molar refractivity (Wildman–Crippen MR) is 51.8 cm³/mol. The van der Waals surface area contributed by atoms with Crippen molar-refractivity contribution >= 4 is 18.6 Å². The number of carbonyl (C=O) groups is 1. The van der Waals surface area contributed by atoms with Crippen LogP contribution in [0.2, 0.25) is 0 Å². The standard InChI is InChI=1S/C7H11N4O2S/c1-3-5(14)7(4-6(12)13-2)8-10-11-9-7/h5,14H,1,3-4H2,2H3. The molecule has 0 saturated heterocycles. The molecule has 1 aliphatic heterocycles. The van der Waals surface area contributed by atoms with Crippen LogP contribution in [-0.2, 0) is 9.53 Å². The highest BCUT2D eigenvalue weighted by Gasteiger charge is 2.42. The summed E-state index contributed by atoms with van der Waals surface area (Å²) in [4.78, 5) is 11.1. The molecule has 0 aromatic rings. The van der Waals surface area contributed by atoms with Crippen molar-refractivity contribution < 1.29 is 9.53 Å². The summed E-state index contributed by atoms with van der Waals surface area (Å²) in [6, 6.07) is 0. The number of rotatable bonds is 4. The third kappa shape index (κ3) is 2.09. The lowest BCUT2D eigenvalue weighted by Gasteiger charge is -2.23. The number of carbonyl (C=O) groups excluding carboxylic acids is 1. The second-order valence-corrected chi connectivity index (χ2v) is 3.44. The monoisotopic (exact) mass is 215 g/mol. The molecule has 0 amide bonds. The Hall–Kier alpha value is -0.980. The Labute approximate surface area is 87.2 Å². The van der Waals surface area contributed by atoms with Gasteiger partial charge in [-0.15, -0.1) is 10.2 Å². The molecule has 6 nitrogen and oxygen atoms in total. The minimum Gasteiger partial charge on any atom is -0.469 e. The van der Waals surface area contributed by atoms with Gasteiger partial charge in [0.2, 0.25) is 5.66 Å². The minimum atomic E-state index is -1.03. The maximum atomic E-state index is 11.1. The van der Waals surface area contributed by atoms with Gasteiger partial charge in [-0.1, -0.05) is 6.92 Å². The molecular formula is C7H11N4O2S. The largest absolute Gasteiger partial charge is 0.469 e. The Morgan fingerprint density at radius 3 is 2.57 bits per heavy atom. The van der Waals surface area contributed by atoms with Crippen molar-refractivity contribution in [1.29, 1.82) is 0 Å². The van der Waals surface area contributed by atoms with Gasteiger partial charge in [0.15, 0.2) is 0 Å². The zero-order chi connectivity index (χ0) is 10.6. The lowest BCUT2D eigenvalue weighted by atomic mass is 10.0. The average molecular weight is 215 g/mol. The lowest BCUT2D eigenvalue weighted by Crippen LogP contribution is -2.36. The predicted octanol–water partition coefficient (Wildman–Crippen LogP) is 1.60. The molecule has 0 saturated carbocycles. The van der Waals surface area contributed by atoms with Gasteiger partial charge < -0.3 is 4.74 Å². The van der Waals surface area contributed by atoms with E-state index in [0.29, 0.717) is 6.42 Å². The number of hydrogen-bond acceptors (Lipinski definition) is 7. The van der Waals surface area contributed by atoms with Gasteiger partial charge in [-0.05, 0) is 16.9 Å². The molecular weight excluding hydrogens is 204 g/mol. The van der Waals surface area contributed by atoms with E-state index in [4.69, 9.17) is 0 Å². The quantitative estimate of drug-likeness (QED) is 0.571. The van der Waals surface area contributed by atoms with Crippen molar-refractivity contribution in [3.05, 3.63) is 6.92 Å². The highest BCUT2D eigenvalue weighted by molar-refractivity contribution is 7.81. The van der Waals surface area contributed by atoms with Gasteiger partial charge in [-0.2, -0.15) is 12.6 Å². The van der Waals surface area contributed by atoms with E-state index in [1.54, 1.807) is 0 Å². The summed E-state index contributed by atoms with van der Waals surface area (Å²) in [5, 5.41) is 14.1. The van der Waals surface area contributed by atoms with Gasteiger partial charge >= 0.3 is 5.97 Å². The summed E-state index contributed by atoms with van der Waals surface area (Å²) in [6.07, 6.45) is 0.457. The molecule has 0 fully saturated rings. The van der Waals surface area contributed by atoms with Crippen molar-refractivity contribution in [3.8, 4) is 0 Å². The summed E-state index contributed by atoms with van der Waals surface area (Å²) in [7, 11) is 1.30. The lowest BCUT2D eigenvalue weighted by molar-refractivity contribution is -0.141. The second kappa shape index (κ2) is 4.50. The van der Waals surface area contributed by atoms with Crippen molar-refractivity contribution in [2.24, 2.45) is 20.7 Å². The van der Waals surface area contributed by atoms with Crippen LogP contribution in [0.5, 0.6) is 0 Å². The van der Waals surface area contributed by atoms with Gasteiger partial charge in [-0.3, -0.25) is 4.79 Å². The van der Waals surface area contributed by atoms with Crippen molar-refractivity contribution in [2.45, 2.75) is 23.8 Å². The van der Waals surface area contributed by atoms with Crippen molar-refractivity contribution in [3.63, 3.8) is 0 Å². The molecule has 7 heteroatoms. The fraction of sp³-hybridized carbons (Fsp3) is 0.714. The van der Waals surface area contributed by atoms with Crippen LogP contribution in [0.15, 0.2) is 20.7 Å². The summed E-state index contributed by atoms with van der Waals surface area (Å²) < 4.78 is 4.54. The first-order chi connectivity index (χ1) is 6.64. The summed E-state index contributed by atoms with van der Waals surface area (Å²) in [5.74, 6) is -0.419. The van der Waals surface area contributed by atoms with E-state index < -0.39 is 11.6 Å². The molecule has 14 heavy (non-hydrogen) atoms. The molecule has 0 spiro atoms. The van der Waals surface area contributed by atoms with E-state index >= 15 is 0 Å². The molecule has 1 heterocycles. The molecule has 1 radical (unpaired) electrons. The fourth-order valence-electron chi connectivity index (χ4n) is 1.05. The SMILES string of the molecule is [CH2]CC(S)C1(CC(=O)OC)N=NN=N1. The number of hydrogen-bond donors (Lipinski definition) is 1. The topological polar surface area (TPSA) is 75.7 Å². The van der Waals surface area contributed by atoms with Crippen LogP contribution in [0.3, 0.4) is 0 Å². The second-order valence-electron chi connectivity index (χ2n) is 2.81. The van der Waals surface area contributed by atoms with E-state index in [1.165, 1.54) is 7.11 Å². The normalized spacial score (nSPS) is 19.6. The smallest absolute Gasteiger partial charge is 0.310 e. The molecule has 0 bridgehead atoms. The van der Waals surface area contributed by atoms with E-state index in [-0.39, 0.29) is 11.7 Å². The molecule has 0 N–H and O–H groups in total. The van der Waals surface area contributed by atoms with Gasteiger partial charge in [-0.25, -0.2) is 0 Å². The van der Waals surface area contributed by atoms with Gasteiger partial charge in [0.05, 0.1) is 18.8 Å². The van der Waals surface area contributed by atoms with E-state index in [9.17, 15) is 4.79 Å². The number of thiol groups is 1.